The maximum Gasteiger partial charge on any atom is 0.323 e. The van der Waals surface area contributed by atoms with E-state index in [1.165, 1.54) is 43.4 Å². The molecular formula is C32H36ClN3O5S. The highest BCUT2D eigenvalue weighted by atomic mass is 35.5. The lowest BCUT2D eigenvalue weighted by molar-refractivity contribution is -0.137. The summed E-state index contributed by atoms with van der Waals surface area (Å²) in [5.74, 6) is 0.311. The van der Waals surface area contributed by atoms with Crippen LogP contribution in [0.3, 0.4) is 0 Å². The van der Waals surface area contributed by atoms with Gasteiger partial charge in [0.2, 0.25) is 0 Å². The number of fused-ring (bicyclic) bond motifs is 1. The molecule has 5 rings (SSSR count). The molecule has 2 aromatic carbocycles. The van der Waals surface area contributed by atoms with Gasteiger partial charge in [0, 0.05) is 21.9 Å². The molecule has 1 aliphatic rings. The highest BCUT2D eigenvalue weighted by molar-refractivity contribution is 7.16. The lowest BCUT2D eigenvalue weighted by Crippen LogP contribution is -2.20. The second-order valence-electron chi connectivity index (χ2n) is 11.0. The van der Waals surface area contributed by atoms with Crippen LogP contribution in [0.2, 0.25) is 5.02 Å². The summed E-state index contributed by atoms with van der Waals surface area (Å²) >= 11 is 7.83. The van der Waals surface area contributed by atoms with Crippen LogP contribution in [-0.4, -0.2) is 40.8 Å². The third kappa shape index (κ3) is 6.27. The van der Waals surface area contributed by atoms with Crippen LogP contribution < -0.4 is 14.8 Å². The predicted octanol–water partition coefficient (Wildman–Crippen LogP) is 7.90. The molecule has 2 N–H and O–H groups in total. The number of anilines is 1. The van der Waals surface area contributed by atoms with Crippen molar-refractivity contribution >= 4 is 50.8 Å². The van der Waals surface area contributed by atoms with E-state index >= 15 is 0 Å². The molecule has 0 radical (unpaired) electrons. The number of ether oxygens (including phenoxy) is 2. The number of rotatable bonds is 10. The Morgan fingerprint density at radius 1 is 1.07 bits per heavy atom. The number of hydrogen-bond donors (Lipinski definition) is 2. The van der Waals surface area contributed by atoms with Gasteiger partial charge in [-0.25, -0.2) is 4.98 Å². The van der Waals surface area contributed by atoms with Crippen LogP contribution in [0.25, 0.3) is 22.2 Å². The Hall–Kier alpha value is -3.56. The maximum atomic E-state index is 13.7. The van der Waals surface area contributed by atoms with Gasteiger partial charge >= 0.3 is 5.97 Å². The van der Waals surface area contributed by atoms with Crippen molar-refractivity contribution in [3.05, 3.63) is 57.1 Å². The number of benzene rings is 2. The van der Waals surface area contributed by atoms with Crippen LogP contribution in [0, 0.1) is 19.8 Å². The fourth-order valence-corrected chi connectivity index (χ4v) is 7.32. The lowest BCUT2D eigenvalue weighted by atomic mass is 9.86. The number of methoxy groups -OCH3 is 2. The minimum Gasteiger partial charge on any atom is -0.496 e. The highest BCUT2D eigenvalue weighted by Gasteiger charge is 2.24. The quantitative estimate of drug-likeness (QED) is 0.189. The summed E-state index contributed by atoms with van der Waals surface area (Å²) in [6, 6.07) is 9.23. The molecule has 0 unspecified atom stereocenters. The topological polar surface area (TPSA) is 103 Å². The summed E-state index contributed by atoms with van der Waals surface area (Å²) in [6.45, 7) is 3.58. The first kappa shape index (κ1) is 29.9. The third-order valence-corrected chi connectivity index (χ3v) is 9.33. The Morgan fingerprint density at radius 2 is 1.81 bits per heavy atom. The van der Waals surface area contributed by atoms with E-state index < -0.39 is 11.9 Å². The number of hydrogen-bond acceptors (Lipinski definition) is 6. The number of carboxylic acids is 1. The first-order valence-electron chi connectivity index (χ1n) is 14.2. The lowest BCUT2D eigenvalue weighted by Gasteiger charge is -2.21. The number of halogens is 1. The Kier molecular flexibility index (Phi) is 9.08. The summed E-state index contributed by atoms with van der Waals surface area (Å²) in [4.78, 5) is 31.4. The van der Waals surface area contributed by atoms with Gasteiger partial charge in [-0.3, -0.25) is 14.9 Å². The number of carbonyl (C=O) groups excluding carboxylic acids is 1. The van der Waals surface area contributed by atoms with Crippen molar-refractivity contribution in [1.82, 2.24) is 9.55 Å². The number of carbonyl (C=O) groups is 2. The number of aryl methyl sites for hydroxylation is 3. The normalized spacial score (nSPS) is 13.8. The predicted molar refractivity (Wildman–Crippen MR) is 168 cm³/mol. The van der Waals surface area contributed by atoms with Crippen LogP contribution in [0.1, 0.15) is 65.0 Å². The van der Waals surface area contributed by atoms with Crippen molar-refractivity contribution < 1.29 is 24.2 Å². The summed E-state index contributed by atoms with van der Waals surface area (Å²) in [5.41, 5.74) is 4.41. The van der Waals surface area contributed by atoms with E-state index in [1.54, 1.807) is 30.9 Å². The first-order valence-corrected chi connectivity index (χ1v) is 15.4. The number of aliphatic carboxylic acids is 1. The molecule has 1 saturated carbocycles. The van der Waals surface area contributed by atoms with Gasteiger partial charge < -0.3 is 19.1 Å². The van der Waals surface area contributed by atoms with Crippen molar-refractivity contribution in [3.8, 4) is 22.8 Å². The second kappa shape index (κ2) is 12.8. The third-order valence-electron chi connectivity index (χ3n) is 8.00. The van der Waals surface area contributed by atoms with Gasteiger partial charge in [-0.2, -0.15) is 0 Å². The average molecular weight is 610 g/mol. The van der Waals surface area contributed by atoms with Gasteiger partial charge in [-0.15, -0.1) is 11.3 Å². The number of nitrogens with zero attached hydrogens (tertiary/aromatic N) is 2. The molecule has 42 heavy (non-hydrogen) atoms. The number of aromatic nitrogens is 2. The molecule has 0 aliphatic heterocycles. The van der Waals surface area contributed by atoms with E-state index in [0.717, 1.165) is 51.0 Å². The summed E-state index contributed by atoms with van der Waals surface area (Å²) in [6.07, 6.45) is 8.18. The molecule has 8 nitrogen and oxygen atoms in total. The molecule has 0 saturated heterocycles. The highest BCUT2D eigenvalue weighted by Crippen LogP contribution is 2.43. The number of carboxylic acid groups (broad SMARTS) is 1. The SMILES string of the molecule is COc1cc(-c2nc(NC(=O)c3cc4cc(C)cc(C)c4n3CC(=O)O)sc2CCC2CCCCC2)c(OC)cc1Cl. The Morgan fingerprint density at radius 3 is 2.50 bits per heavy atom. The van der Waals surface area contributed by atoms with E-state index in [1.807, 2.05) is 32.0 Å². The van der Waals surface area contributed by atoms with Crippen LogP contribution in [0.4, 0.5) is 5.13 Å². The zero-order chi connectivity index (χ0) is 30.0. The fourth-order valence-electron chi connectivity index (χ4n) is 6.11. The van der Waals surface area contributed by atoms with Crippen LogP contribution in [0.5, 0.6) is 11.5 Å². The van der Waals surface area contributed by atoms with Crippen LogP contribution in [0.15, 0.2) is 30.3 Å². The molecule has 10 heteroatoms. The van der Waals surface area contributed by atoms with Crippen molar-refractivity contribution in [1.29, 1.82) is 0 Å². The van der Waals surface area contributed by atoms with Gasteiger partial charge in [0.05, 0.1) is 30.5 Å². The van der Waals surface area contributed by atoms with Crippen LogP contribution >= 0.6 is 22.9 Å². The zero-order valence-electron chi connectivity index (χ0n) is 24.4. The molecular weight excluding hydrogens is 574 g/mol. The van der Waals surface area contributed by atoms with Gasteiger partial charge in [0.25, 0.3) is 5.91 Å². The molecule has 4 aromatic rings. The van der Waals surface area contributed by atoms with E-state index in [2.05, 4.69) is 5.32 Å². The molecule has 1 fully saturated rings. The van der Waals surface area contributed by atoms with E-state index in [4.69, 9.17) is 26.1 Å². The smallest absolute Gasteiger partial charge is 0.323 e. The van der Waals surface area contributed by atoms with Gasteiger partial charge in [-0.05, 0) is 56.4 Å². The average Bonchev–Trinajstić information content (AvgIpc) is 3.52. The van der Waals surface area contributed by atoms with Gasteiger partial charge in [0.1, 0.15) is 23.7 Å². The Bertz CT molecular complexity index is 1640. The first-order chi connectivity index (χ1) is 20.2. The minimum absolute atomic E-state index is 0.271. The molecule has 2 aromatic heterocycles. The summed E-state index contributed by atoms with van der Waals surface area (Å²) in [7, 11) is 3.15. The van der Waals surface area contributed by atoms with Crippen molar-refractivity contribution in [3.63, 3.8) is 0 Å². The van der Waals surface area contributed by atoms with Crippen LogP contribution in [-0.2, 0) is 17.8 Å². The number of thiazole rings is 1. The summed E-state index contributed by atoms with van der Waals surface area (Å²) in [5, 5.41) is 14.3. The Balaban J connectivity index is 1.53. The standard InChI is InChI=1S/C32H36ClN3O5S/c1-18-12-19(2)30-21(13-18)14-24(36(30)17-28(37)38)31(39)35-32-34-29(22-15-26(41-4)23(33)16-25(22)40-3)27(42-32)11-10-20-8-6-5-7-9-20/h12-16,20H,5-11,17H2,1-4H3,(H,37,38)(H,34,35,39). The van der Waals surface area contributed by atoms with E-state index in [0.29, 0.717) is 27.6 Å². The molecule has 1 amide bonds. The fraction of sp³-hybridized carbons (Fsp3) is 0.406. The zero-order valence-corrected chi connectivity index (χ0v) is 26.0. The number of amides is 1. The van der Waals surface area contributed by atoms with E-state index in [-0.39, 0.29) is 12.2 Å². The molecule has 0 atom stereocenters. The van der Waals surface area contributed by atoms with Crippen molar-refractivity contribution in [2.75, 3.05) is 19.5 Å². The minimum atomic E-state index is -1.02. The largest absolute Gasteiger partial charge is 0.496 e. The Labute approximate surface area is 254 Å². The van der Waals surface area contributed by atoms with Crippen molar-refractivity contribution in [2.24, 2.45) is 5.92 Å². The maximum absolute atomic E-state index is 13.7. The molecule has 1 aliphatic carbocycles. The molecule has 222 valence electrons. The second-order valence-corrected chi connectivity index (χ2v) is 12.5. The summed E-state index contributed by atoms with van der Waals surface area (Å²) < 4.78 is 12.7. The molecule has 0 bridgehead atoms. The van der Waals surface area contributed by atoms with Gasteiger partial charge in [-0.1, -0.05) is 55.3 Å². The van der Waals surface area contributed by atoms with Gasteiger partial charge in [0.15, 0.2) is 5.13 Å². The molecule has 2 heterocycles. The number of nitrogens with one attached hydrogen (secondary N) is 1. The van der Waals surface area contributed by atoms with E-state index in [9.17, 15) is 14.7 Å². The molecule has 0 spiro atoms. The van der Waals surface area contributed by atoms with Crippen molar-refractivity contribution in [2.45, 2.75) is 65.3 Å². The monoisotopic (exact) mass is 609 g/mol.